The molecule has 6 rings (SSSR count). The highest BCUT2D eigenvalue weighted by atomic mass is 32.7. The summed E-state index contributed by atoms with van der Waals surface area (Å²) in [6, 6.07) is 24.0. The second-order valence-electron chi connectivity index (χ2n) is 13.3. The highest BCUT2D eigenvalue weighted by Gasteiger charge is 2.52. The van der Waals surface area contributed by atoms with E-state index in [-0.39, 0.29) is 21.7 Å². The molecule has 1 aromatic carbocycles. The fourth-order valence-electron chi connectivity index (χ4n) is 6.42. The van der Waals surface area contributed by atoms with E-state index in [4.69, 9.17) is 16.7 Å². The summed E-state index contributed by atoms with van der Waals surface area (Å²) in [6.07, 6.45) is 4.67. The smallest absolute Gasteiger partial charge is 0.115 e. The first-order valence-electron chi connectivity index (χ1n) is 13.8. The van der Waals surface area contributed by atoms with E-state index in [1.165, 1.54) is 27.3 Å². The SMILES string of the molecule is CC1(C)C2=CC=C(C(C)(C)c3ccc([nH]3)C(C)(C)c3ccc(o3)C(C)(C)c3ccc1[nH]3)[P+]2([S-])c1ccccc1. The van der Waals surface area contributed by atoms with Gasteiger partial charge in [-0.25, -0.2) is 0 Å². The van der Waals surface area contributed by atoms with E-state index in [2.05, 4.69) is 144 Å². The zero-order valence-electron chi connectivity index (χ0n) is 24.3. The Balaban J connectivity index is 1.64. The van der Waals surface area contributed by atoms with E-state index in [1.807, 2.05) is 0 Å². The molecule has 5 heteroatoms. The Morgan fingerprint density at radius 3 is 1.33 bits per heavy atom. The maximum absolute atomic E-state index is 6.92. The molecule has 2 aliphatic heterocycles. The normalized spacial score (nSPS) is 21.8. The molecule has 4 aromatic rings. The van der Waals surface area contributed by atoms with Gasteiger partial charge >= 0.3 is 0 Å². The van der Waals surface area contributed by atoms with Crippen molar-refractivity contribution in [2.75, 3.05) is 0 Å². The minimum atomic E-state index is -2.32. The van der Waals surface area contributed by atoms with Gasteiger partial charge in [0.15, 0.2) is 0 Å². The van der Waals surface area contributed by atoms with Crippen LogP contribution in [0.15, 0.2) is 93.9 Å². The minimum absolute atomic E-state index is 0.289. The number of hydrogen-bond acceptors (Lipinski definition) is 2. The number of benzene rings is 1. The number of H-pyrrole nitrogens is 2. The Hall–Kier alpha value is -2.68. The molecule has 0 unspecified atom stereocenters. The predicted molar refractivity (Wildman–Crippen MR) is 167 cm³/mol. The number of fused-ring (bicyclic) bond motifs is 8. The first-order valence-corrected chi connectivity index (χ1v) is 16.6. The van der Waals surface area contributed by atoms with Gasteiger partial charge in [0.1, 0.15) is 11.5 Å². The molecule has 0 spiro atoms. The van der Waals surface area contributed by atoms with Crippen molar-refractivity contribution < 1.29 is 4.42 Å². The Labute approximate surface area is 238 Å². The summed E-state index contributed by atoms with van der Waals surface area (Å²) < 4.78 is 6.62. The number of furan rings is 1. The van der Waals surface area contributed by atoms with Crippen molar-refractivity contribution in [2.24, 2.45) is 0 Å². The summed E-state index contributed by atoms with van der Waals surface area (Å²) in [5.74, 6) is 1.91. The summed E-state index contributed by atoms with van der Waals surface area (Å²) in [5.41, 5.74) is 3.40. The first-order chi connectivity index (χ1) is 18.2. The zero-order valence-corrected chi connectivity index (χ0v) is 26.0. The predicted octanol–water partition coefficient (Wildman–Crippen LogP) is 8.74. The third kappa shape index (κ3) is 3.67. The average Bonchev–Trinajstić information content (AvgIpc) is 3.69. The average molecular weight is 555 g/mol. The number of nitrogens with one attached hydrogen (secondary N) is 2. The number of rotatable bonds is 1. The third-order valence-corrected chi connectivity index (χ3v) is 15.0. The summed E-state index contributed by atoms with van der Waals surface area (Å²) in [6.45, 7) is 15.9. The second kappa shape index (κ2) is 8.41. The van der Waals surface area contributed by atoms with Crippen molar-refractivity contribution in [3.63, 3.8) is 0 Å². The highest BCUT2D eigenvalue weighted by molar-refractivity contribution is 8.48. The van der Waals surface area contributed by atoms with Crippen LogP contribution in [0.25, 0.3) is 0 Å². The van der Waals surface area contributed by atoms with Crippen LogP contribution in [0.2, 0.25) is 0 Å². The summed E-state index contributed by atoms with van der Waals surface area (Å²) in [7, 11) is 0. The molecule has 0 radical (unpaired) electrons. The third-order valence-electron chi connectivity index (χ3n) is 9.38. The van der Waals surface area contributed by atoms with E-state index in [1.54, 1.807) is 0 Å². The van der Waals surface area contributed by atoms with Gasteiger partial charge < -0.3 is 26.6 Å². The number of aromatic amines is 2. The van der Waals surface area contributed by atoms with Crippen LogP contribution >= 0.6 is 6.46 Å². The van der Waals surface area contributed by atoms with Crippen LogP contribution in [0.3, 0.4) is 0 Å². The van der Waals surface area contributed by atoms with Gasteiger partial charge in [0.05, 0.1) is 37.6 Å². The van der Waals surface area contributed by atoms with E-state index in [9.17, 15) is 0 Å². The number of allylic oxidation sites excluding steroid dienone is 4. The van der Waals surface area contributed by atoms with Gasteiger partial charge in [0.2, 0.25) is 0 Å². The Morgan fingerprint density at radius 1 is 0.538 bits per heavy atom. The minimum Gasteiger partial charge on any atom is -0.541 e. The molecule has 0 saturated heterocycles. The van der Waals surface area contributed by atoms with Crippen LogP contribution < -0.4 is 5.30 Å². The standard InChI is InChI=1S/C34H39N2OPS/c1-31(2)23-14-16-25(35-23)33(5,6)29-20-21-30(38(29,39)22-12-10-9-11-13-22)34(7,8)26-17-15-24(36-26)32(3,4)28-19-18-27(31)37-28/h9-21,35-36H,1-8H3. The van der Waals surface area contributed by atoms with E-state index in [0.29, 0.717) is 0 Å². The number of aromatic nitrogens is 2. The maximum Gasteiger partial charge on any atom is 0.115 e. The van der Waals surface area contributed by atoms with E-state index >= 15 is 0 Å². The lowest BCUT2D eigenvalue weighted by atomic mass is 9.86. The molecule has 39 heavy (non-hydrogen) atoms. The molecule has 3 nitrogen and oxygen atoms in total. The zero-order chi connectivity index (χ0) is 28.0. The van der Waals surface area contributed by atoms with Crippen molar-refractivity contribution in [1.29, 1.82) is 0 Å². The van der Waals surface area contributed by atoms with Crippen LogP contribution in [-0.2, 0) is 33.9 Å². The molecule has 0 saturated carbocycles. The van der Waals surface area contributed by atoms with Crippen LogP contribution in [0.4, 0.5) is 0 Å². The molecular formula is C34H39N2OPS. The summed E-state index contributed by atoms with van der Waals surface area (Å²) >= 11 is 6.92. The van der Waals surface area contributed by atoms with Gasteiger partial charge in [-0.05, 0) is 123 Å². The topological polar surface area (TPSA) is 44.7 Å². The Bertz CT molecular complexity index is 1530. The van der Waals surface area contributed by atoms with Crippen molar-refractivity contribution in [3.05, 3.63) is 124 Å². The van der Waals surface area contributed by atoms with Crippen LogP contribution in [0, 0.1) is 0 Å². The van der Waals surface area contributed by atoms with Gasteiger partial charge in [-0.2, -0.15) is 0 Å². The quantitative estimate of drug-likeness (QED) is 0.183. The molecule has 0 amide bonds. The largest absolute Gasteiger partial charge is 0.541 e. The lowest BCUT2D eigenvalue weighted by Gasteiger charge is -2.44. The van der Waals surface area contributed by atoms with Crippen molar-refractivity contribution in [2.45, 2.75) is 77.0 Å². The Kier molecular flexibility index (Phi) is 5.72. The number of hydrogen-bond donors (Lipinski definition) is 2. The van der Waals surface area contributed by atoms with E-state index in [0.717, 1.165) is 22.9 Å². The molecule has 2 N–H and O–H groups in total. The maximum atomic E-state index is 6.92. The van der Waals surface area contributed by atoms with Crippen LogP contribution in [0.1, 0.15) is 89.7 Å². The van der Waals surface area contributed by atoms with Crippen molar-refractivity contribution in [3.8, 4) is 0 Å². The molecule has 2 aliphatic rings. The van der Waals surface area contributed by atoms with Crippen LogP contribution in [0.5, 0.6) is 0 Å². The van der Waals surface area contributed by atoms with Gasteiger partial charge in [-0.15, -0.1) is 0 Å². The van der Waals surface area contributed by atoms with Crippen molar-refractivity contribution >= 4 is 24.0 Å². The monoisotopic (exact) mass is 554 g/mol. The van der Waals surface area contributed by atoms with Gasteiger partial charge in [-0.1, -0.05) is 18.2 Å². The molecule has 0 aliphatic carbocycles. The summed E-state index contributed by atoms with van der Waals surface area (Å²) in [4.78, 5) is 7.66. The fraction of sp³-hybridized carbons (Fsp3) is 0.353. The molecular weight excluding hydrogens is 515 g/mol. The highest BCUT2D eigenvalue weighted by Crippen LogP contribution is 2.78. The van der Waals surface area contributed by atoms with Crippen LogP contribution in [-0.4, -0.2) is 9.97 Å². The van der Waals surface area contributed by atoms with Gasteiger partial charge in [0, 0.05) is 22.8 Å². The first kappa shape index (κ1) is 26.5. The molecule has 0 atom stereocenters. The lowest BCUT2D eigenvalue weighted by molar-refractivity contribution is 0.359. The van der Waals surface area contributed by atoms with Gasteiger partial charge in [0.25, 0.3) is 0 Å². The molecule has 8 bridgehead atoms. The summed E-state index contributed by atoms with van der Waals surface area (Å²) in [5, 5.41) is 3.90. The molecule has 3 aromatic heterocycles. The van der Waals surface area contributed by atoms with Crippen molar-refractivity contribution in [1.82, 2.24) is 9.97 Å². The van der Waals surface area contributed by atoms with Gasteiger partial charge in [-0.3, -0.25) is 0 Å². The second-order valence-corrected chi connectivity index (χ2v) is 17.6. The molecule has 202 valence electrons. The fourth-order valence-corrected chi connectivity index (χ4v) is 12.3. The van der Waals surface area contributed by atoms with E-state index < -0.39 is 6.46 Å². The Morgan fingerprint density at radius 2 is 0.923 bits per heavy atom. The molecule has 5 heterocycles. The lowest BCUT2D eigenvalue weighted by Crippen LogP contribution is -2.31. The molecule has 0 fully saturated rings.